The van der Waals surface area contributed by atoms with Crippen LogP contribution < -0.4 is 10.1 Å². The fourth-order valence-corrected chi connectivity index (χ4v) is 2.49. The number of rotatable bonds is 6. The zero-order valence-corrected chi connectivity index (χ0v) is 13.6. The lowest BCUT2D eigenvalue weighted by Crippen LogP contribution is -2.34. The van der Waals surface area contributed by atoms with Crippen molar-refractivity contribution < 1.29 is 24.2 Å². The van der Waals surface area contributed by atoms with Gasteiger partial charge in [-0.25, -0.2) is 4.79 Å². The van der Waals surface area contributed by atoms with Crippen LogP contribution >= 0.6 is 0 Å². The molecule has 1 fully saturated rings. The van der Waals surface area contributed by atoms with E-state index in [9.17, 15) is 14.7 Å². The summed E-state index contributed by atoms with van der Waals surface area (Å²) in [5, 5.41) is 11.8. The Morgan fingerprint density at radius 2 is 1.68 bits per heavy atom. The molecule has 0 saturated carbocycles. The molecule has 0 aromatic heterocycles. The zero-order chi connectivity index (χ0) is 17.6. The summed E-state index contributed by atoms with van der Waals surface area (Å²) in [7, 11) is 0. The van der Waals surface area contributed by atoms with E-state index in [-0.39, 0.29) is 18.3 Å². The van der Waals surface area contributed by atoms with Gasteiger partial charge in [0.1, 0.15) is 30.8 Å². The molecule has 0 radical (unpaired) electrons. The number of amides is 1. The molecule has 2 aromatic rings. The maximum atomic E-state index is 11.8. The Bertz CT molecular complexity index is 739. The Kier molecular flexibility index (Phi) is 5.18. The molecule has 0 spiro atoms. The molecule has 1 atom stereocenters. The molecule has 0 aliphatic carbocycles. The van der Waals surface area contributed by atoms with E-state index < -0.39 is 12.0 Å². The van der Waals surface area contributed by atoms with Crippen LogP contribution in [-0.2, 0) is 27.5 Å². The van der Waals surface area contributed by atoms with Gasteiger partial charge in [0, 0.05) is 6.42 Å². The number of ether oxygens (including phenoxy) is 2. The van der Waals surface area contributed by atoms with Gasteiger partial charge in [-0.3, -0.25) is 4.79 Å². The highest BCUT2D eigenvalue weighted by Crippen LogP contribution is 2.17. The van der Waals surface area contributed by atoms with Crippen LogP contribution in [0.5, 0.6) is 11.5 Å². The number of hydrogen-bond acceptors (Lipinski definition) is 5. The van der Waals surface area contributed by atoms with Crippen LogP contribution in [0.15, 0.2) is 48.5 Å². The predicted octanol–water partition coefficient (Wildman–Crippen LogP) is 2.29. The second-order valence-electron chi connectivity index (χ2n) is 5.87. The number of phenolic OH excluding ortho intramolecular Hbond substituents is 1. The molecule has 1 heterocycles. The molecular weight excluding hydrogens is 322 g/mol. The Morgan fingerprint density at radius 1 is 1.04 bits per heavy atom. The summed E-state index contributed by atoms with van der Waals surface area (Å²) in [4.78, 5) is 22.9. The Labute approximate surface area is 145 Å². The SMILES string of the molecule is O=C1CC[C@@H](C(=O)OCc2ccc(OCc3ccc(O)cc3)cc2)N1. The summed E-state index contributed by atoms with van der Waals surface area (Å²) in [6, 6.07) is 13.6. The van der Waals surface area contributed by atoms with Gasteiger partial charge >= 0.3 is 5.97 Å². The standard InChI is InChI=1S/C19H19NO5/c21-15-5-1-13(2-6-15)11-24-16-7-3-14(4-8-16)12-25-19(23)17-9-10-18(22)20-17/h1-8,17,21H,9-12H2,(H,20,22)/t17-/m0/s1. The topological polar surface area (TPSA) is 84.9 Å². The monoisotopic (exact) mass is 341 g/mol. The minimum Gasteiger partial charge on any atom is -0.508 e. The third-order valence-electron chi connectivity index (χ3n) is 3.93. The van der Waals surface area contributed by atoms with E-state index >= 15 is 0 Å². The van der Waals surface area contributed by atoms with Crippen molar-refractivity contribution in [2.24, 2.45) is 0 Å². The molecule has 1 saturated heterocycles. The van der Waals surface area contributed by atoms with Crippen molar-refractivity contribution in [1.29, 1.82) is 0 Å². The summed E-state index contributed by atoms with van der Waals surface area (Å²) in [5.74, 6) is 0.404. The van der Waals surface area contributed by atoms with Crippen molar-refractivity contribution in [2.75, 3.05) is 0 Å². The van der Waals surface area contributed by atoms with E-state index in [1.807, 2.05) is 12.1 Å². The van der Waals surface area contributed by atoms with E-state index in [1.165, 1.54) is 0 Å². The summed E-state index contributed by atoms with van der Waals surface area (Å²) < 4.78 is 10.9. The normalized spacial score (nSPS) is 16.3. The van der Waals surface area contributed by atoms with Crippen molar-refractivity contribution in [3.8, 4) is 11.5 Å². The van der Waals surface area contributed by atoms with Crippen LogP contribution in [0.1, 0.15) is 24.0 Å². The van der Waals surface area contributed by atoms with Crippen LogP contribution in [0.4, 0.5) is 0 Å². The minimum atomic E-state index is -0.527. The fraction of sp³-hybridized carbons (Fsp3) is 0.263. The van der Waals surface area contributed by atoms with Gasteiger partial charge in [-0.15, -0.1) is 0 Å². The molecule has 1 aliphatic heterocycles. The summed E-state index contributed by atoms with van der Waals surface area (Å²) >= 11 is 0. The lowest BCUT2D eigenvalue weighted by molar-refractivity contribution is -0.147. The highest BCUT2D eigenvalue weighted by atomic mass is 16.5. The van der Waals surface area contributed by atoms with Crippen molar-refractivity contribution in [3.05, 3.63) is 59.7 Å². The molecule has 0 bridgehead atoms. The Balaban J connectivity index is 1.46. The zero-order valence-electron chi connectivity index (χ0n) is 13.6. The maximum absolute atomic E-state index is 11.8. The van der Waals surface area contributed by atoms with Crippen molar-refractivity contribution in [1.82, 2.24) is 5.32 Å². The van der Waals surface area contributed by atoms with Gasteiger partial charge in [0.2, 0.25) is 5.91 Å². The number of benzene rings is 2. The van der Waals surface area contributed by atoms with Crippen molar-refractivity contribution in [2.45, 2.75) is 32.1 Å². The second-order valence-corrected chi connectivity index (χ2v) is 5.87. The first-order valence-corrected chi connectivity index (χ1v) is 8.06. The first kappa shape index (κ1) is 16.8. The molecule has 2 N–H and O–H groups in total. The average molecular weight is 341 g/mol. The van der Waals surface area contributed by atoms with Crippen LogP contribution in [0.2, 0.25) is 0 Å². The third kappa shape index (κ3) is 4.73. The number of nitrogens with one attached hydrogen (secondary N) is 1. The second kappa shape index (κ2) is 7.70. The first-order chi connectivity index (χ1) is 12.1. The highest BCUT2D eigenvalue weighted by molar-refractivity contribution is 5.88. The number of carbonyl (C=O) groups excluding carboxylic acids is 2. The molecule has 1 amide bonds. The molecule has 3 rings (SSSR count). The Morgan fingerprint density at radius 3 is 2.32 bits per heavy atom. The smallest absolute Gasteiger partial charge is 0.328 e. The van der Waals surface area contributed by atoms with E-state index in [2.05, 4.69) is 5.32 Å². The first-order valence-electron chi connectivity index (χ1n) is 8.06. The summed E-state index contributed by atoms with van der Waals surface area (Å²) in [6.07, 6.45) is 0.856. The Hall–Kier alpha value is -3.02. The van der Waals surface area contributed by atoms with Gasteiger partial charge in [0.15, 0.2) is 0 Å². The molecule has 6 nitrogen and oxygen atoms in total. The van der Waals surface area contributed by atoms with Crippen molar-refractivity contribution >= 4 is 11.9 Å². The molecule has 1 aliphatic rings. The van der Waals surface area contributed by atoms with E-state index in [1.54, 1.807) is 36.4 Å². The molecule has 6 heteroatoms. The van der Waals surface area contributed by atoms with E-state index in [0.29, 0.717) is 25.2 Å². The molecule has 0 unspecified atom stereocenters. The number of carbonyl (C=O) groups is 2. The lowest BCUT2D eigenvalue weighted by atomic mass is 10.2. The number of phenols is 1. The number of esters is 1. The lowest BCUT2D eigenvalue weighted by Gasteiger charge is -2.11. The predicted molar refractivity (Wildman–Crippen MR) is 89.8 cm³/mol. The van der Waals surface area contributed by atoms with Crippen LogP contribution in [0.3, 0.4) is 0 Å². The van der Waals surface area contributed by atoms with Crippen LogP contribution in [0.25, 0.3) is 0 Å². The highest BCUT2D eigenvalue weighted by Gasteiger charge is 2.28. The maximum Gasteiger partial charge on any atom is 0.328 e. The number of hydrogen-bond donors (Lipinski definition) is 2. The largest absolute Gasteiger partial charge is 0.508 e. The molecule has 130 valence electrons. The number of aromatic hydroxyl groups is 1. The van der Waals surface area contributed by atoms with Gasteiger partial charge in [0.25, 0.3) is 0 Å². The molecule has 2 aromatic carbocycles. The quantitative estimate of drug-likeness (QED) is 0.788. The summed E-state index contributed by atoms with van der Waals surface area (Å²) in [6.45, 7) is 0.555. The van der Waals surface area contributed by atoms with Gasteiger partial charge < -0.3 is 19.9 Å². The summed E-state index contributed by atoms with van der Waals surface area (Å²) in [5.41, 5.74) is 1.80. The van der Waals surface area contributed by atoms with Gasteiger partial charge in [-0.05, 0) is 41.8 Å². The van der Waals surface area contributed by atoms with E-state index in [0.717, 1.165) is 11.1 Å². The minimum absolute atomic E-state index is 0.114. The fourth-order valence-electron chi connectivity index (χ4n) is 2.49. The van der Waals surface area contributed by atoms with Crippen LogP contribution in [0, 0.1) is 0 Å². The third-order valence-corrected chi connectivity index (χ3v) is 3.93. The average Bonchev–Trinajstić information content (AvgIpc) is 3.07. The van der Waals surface area contributed by atoms with E-state index in [4.69, 9.17) is 9.47 Å². The van der Waals surface area contributed by atoms with Crippen molar-refractivity contribution in [3.63, 3.8) is 0 Å². The van der Waals surface area contributed by atoms with Gasteiger partial charge in [0.05, 0.1) is 0 Å². The van der Waals surface area contributed by atoms with Gasteiger partial charge in [-0.1, -0.05) is 24.3 Å². The van der Waals surface area contributed by atoms with Crippen LogP contribution in [-0.4, -0.2) is 23.0 Å². The molecule has 25 heavy (non-hydrogen) atoms. The van der Waals surface area contributed by atoms with Gasteiger partial charge in [-0.2, -0.15) is 0 Å². The molecular formula is C19H19NO5.